The third-order valence-corrected chi connectivity index (χ3v) is 1.84. The molecule has 0 aliphatic heterocycles. The van der Waals surface area contributed by atoms with Gasteiger partial charge in [0.05, 0.1) is 0 Å². The molecule has 8 heteroatoms. The molecule has 0 aromatic carbocycles. The summed E-state index contributed by atoms with van der Waals surface area (Å²) in [6.45, 7) is 0. The van der Waals surface area contributed by atoms with E-state index >= 15 is 0 Å². The average molecular weight is 245 g/mol. The number of rotatable bonds is 4. The largest absolute Gasteiger partial charge is 4.00 e. The number of hydrogen-bond acceptors (Lipinski definition) is 3. The Morgan fingerprint density at radius 3 is 2.15 bits per heavy atom. The van der Waals surface area contributed by atoms with Gasteiger partial charge in [-0.15, -0.1) is 0 Å². The number of nitrogens with two attached hydrogens (primary N) is 1. The summed E-state index contributed by atoms with van der Waals surface area (Å²) >= 11 is 0. The van der Waals surface area contributed by atoms with Crippen molar-refractivity contribution in [1.29, 1.82) is 0 Å². The van der Waals surface area contributed by atoms with Crippen LogP contribution in [0, 0.1) is 0 Å². The summed E-state index contributed by atoms with van der Waals surface area (Å²) < 4.78 is 10.4. The molecule has 0 aliphatic rings. The van der Waals surface area contributed by atoms with E-state index in [-0.39, 0.29) is 39.1 Å². The van der Waals surface area contributed by atoms with Crippen LogP contribution in [-0.4, -0.2) is 33.3 Å². The molecule has 0 spiro atoms. The number of aliphatic carboxylic acids is 1. The molecule has 0 bridgehead atoms. The molecular formula is C5H11NO5STi. The molecule has 0 aliphatic carbocycles. The zero-order chi connectivity index (χ0) is 8.15. The van der Waals surface area contributed by atoms with Gasteiger partial charge in [-0.2, -0.15) is 0 Å². The summed E-state index contributed by atoms with van der Waals surface area (Å²) in [5.74, 6) is -0.682. The molecule has 0 saturated heterocycles. The Hall–Kier alpha value is 0.214. The van der Waals surface area contributed by atoms with Crippen LogP contribution in [0.1, 0.15) is 6.42 Å². The van der Waals surface area contributed by atoms with Crippen LogP contribution in [0.3, 0.4) is 0 Å². The first-order valence-corrected chi connectivity index (χ1v) is 4.55. The SMILES string of the molecule is CS(=O)CC[C@H](N)C(=O)O.[O-2].[O-2].[Ti+4]. The Balaban J connectivity index is -0.000000135. The molecule has 13 heavy (non-hydrogen) atoms. The minimum Gasteiger partial charge on any atom is -2.00 e. The molecule has 0 saturated carbocycles. The van der Waals surface area contributed by atoms with Gasteiger partial charge in [0, 0.05) is 22.8 Å². The summed E-state index contributed by atoms with van der Waals surface area (Å²) in [4.78, 5) is 10.1. The van der Waals surface area contributed by atoms with Crippen molar-refractivity contribution in [2.75, 3.05) is 12.0 Å². The molecule has 6 nitrogen and oxygen atoms in total. The van der Waals surface area contributed by atoms with Gasteiger partial charge in [-0.05, 0) is 6.42 Å². The van der Waals surface area contributed by atoms with E-state index in [1.54, 1.807) is 0 Å². The molecule has 0 radical (unpaired) electrons. The topological polar surface area (TPSA) is 137 Å². The van der Waals surface area contributed by atoms with E-state index in [1.807, 2.05) is 0 Å². The van der Waals surface area contributed by atoms with E-state index in [0.717, 1.165) is 0 Å². The fraction of sp³-hybridized carbons (Fsp3) is 0.800. The van der Waals surface area contributed by atoms with Crippen LogP contribution >= 0.6 is 0 Å². The second-order valence-electron chi connectivity index (χ2n) is 2.01. The minimum absolute atomic E-state index is 0. The third kappa shape index (κ3) is 15.0. The zero-order valence-corrected chi connectivity index (χ0v) is 9.44. The quantitative estimate of drug-likeness (QED) is 0.608. The fourth-order valence-electron chi connectivity index (χ4n) is 0.416. The maximum absolute atomic E-state index is 10.4. The van der Waals surface area contributed by atoms with Crippen LogP contribution in [0.15, 0.2) is 0 Å². The Bertz CT molecular complexity index is 156. The second-order valence-corrected chi connectivity index (χ2v) is 3.57. The van der Waals surface area contributed by atoms with Gasteiger partial charge in [0.15, 0.2) is 0 Å². The van der Waals surface area contributed by atoms with E-state index in [9.17, 15) is 9.00 Å². The van der Waals surface area contributed by atoms with E-state index < -0.39 is 22.8 Å². The first kappa shape index (κ1) is 23.2. The van der Waals surface area contributed by atoms with Crippen molar-refractivity contribution in [2.24, 2.45) is 5.73 Å². The molecule has 3 N–H and O–H groups in total. The maximum Gasteiger partial charge on any atom is 4.00 e. The van der Waals surface area contributed by atoms with Crippen LogP contribution in [0.25, 0.3) is 0 Å². The van der Waals surface area contributed by atoms with E-state index in [0.29, 0.717) is 5.75 Å². The smallest absolute Gasteiger partial charge is 2.00 e. The van der Waals surface area contributed by atoms with Gasteiger partial charge in [-0.3, -0.25) is 9.00 Å². The molecule has 2 atom stereocenters. The predicted octanol–water partition coefficient (Wildman–Crippen LogP) is -1.07. The molecule has 1 unspecified atom stereocenters. The first-order valence-electron chi connectivity index (χ1n) is 2.82. The van der Waals surface area contributed by atoms with Gasteiger partial charge in [-0.25, -0.2) is 0 Å². The average Bonchev–Trinajstić information content (AvgIpc) is 1.82. The summed E-state index contributed by atoms with van der Waals surface area (Å²) in [6, 6.07) is -0.871. The van der Waals surface area contributed by atoms with Gasteiger partial charge in [0.2, 0.25) is 0 Å². The number of carboxylic acid groups (broad SMARTS) is 1. The van der Waals surface area contributed by atoms with Crippen LogP contribution < -0.4 is 5.73 Å². The summed E-state index contributed by atoms with van der Waals surface area (Å²) in [5.41, 5.74) is 5.13. The van der Waals surface area contributed by atoms with Crippen molar-refractivity contribution < 1.29 is 46.8 Å². The predicted molar refractivity (Wildman–Crippen MR) is 40.5 cm³/mol. The Kier molecular flexibility index (Phi) is 21.8. The molecule has 0 fully saturated rings. The molecular weight excluding hydrogens is 234 g/mol. The number of carbonyl (C=O) groups is 1. The Morgan fingerprint density at radius 2 is 1.92 bits per heavy atom. The van der Waals surface area contributed by atoms with Crippen molar-refractivity contribution in [3.63, 3.8) is 0 Å². The van der Waals surface area contributed by atoms with Crippen molar-refractivity contribution >= 4 is 16.8 Å². The third-order valence-electron chi connectivity index (χ3n) is 1.03. The summed E-state index contributed by atoms with van der Waals surface area (Å²) in [5, 5.41) is 8.27. The number of hydrogen-bond donors (Lipinski definition) is 2. The Morgan fingerprint density at radius 1 is 1.54 bits per heavy atom. The molecule has 0 heterocycles. The van der Waals surface area contributed by atoms with Gasteiger partial charge in [0.25, 0.3) is 0 Å². The van der Waals surface area contributed by atoms with Crippen molar-refractivity contribution in [1.82, 2.24) is 0 Å². The van der Waals surface area contributed by atoms with E-state index in [4.69, 9.17) is 10.8 Å². The van der Waals surface area contributed by atoms with Crippen molar-refractivity contribution in [3.8, 4) is 0 Å². The molecule has 76 valence electrons. The van der Waals surface area contributed by atoms with Gasteiger partial charge in [0.1, 0.15) is 6.04 Å². The van der Waals surface area contributed by atoms with Crippen LogP contribution in [-0.2, 0) is 48.3 Å². The minimum atomic E-state index is -1.04. The Labute approximate surface area is 93.8 Å². The van der Waals surface area contributed by atoms with Crippen molar-refractivity contribution in [3.05, 3.63) is 0 Å². The summed E-state index contributed by atoms with van der Waals surface area (Å²) in [6.07, 6.45) is 1.80. The van der Waals surface area contributed by atoms with Crippen LogP contribution in [0.5, 0.6) is 0 Å². The van der Waals surface area contributed by atoms with Crippen LogP contribution in [0.4, 0.5) is 0 Å². The molecule has 0 aromatic rings. The van der Waals surface area contributed by atoms with Crippen molar-refractivity contribution in [2.45, 2.75) is 12.5 Å². The van der Waals surface area contributed by atoms with Gasteiger partial charge in [-0.1, -0.05) is 0 Å². The summed E-state index contributed by atoms with van der Waals surface area (Å²) in [7, 11) is -0.946. The fourth-order valence-corrected chi connectivity index (χ4v) is 1.00. The van der Waals surface area contributed by atoms with Gasteiger partial charge >= 0.3 is 27.7 Å². The van der Waals surface area contributed by atoms with Crippen LogP contribution in [0.2, 0.25) is 0 Å². The number of carboxylic acids is 1. The first-order chi connectivity index (χ1) is 4.54. The molecule has 0 rings (SSSR count). The maximum atomic E-state index is 10.4. The second kappa shape index (κ2) is 12.2. The van der Waals surface area contributed by atoms with E-state index in [1.165, 1.54) is 6.26 Å². The zero-order valence-electron chi connectivity index (χ0n) is 7.06. The molecule has 0 aromatic heterocycles. The molecule has 0 amide bonds. The monoisotopic (exact) mass is 245 g/mol. The van der Waals surface area contributed by atoms with Gasteiger partial charge < -0.3 is 21.8 Å². The van der Waals surface area contributed by atoms with E-state index in [2.05, 4.69) is 0 Å². The normalized spacial score (nSPS) is 12.5. The standard InChI is InChI=1S/C5H11NO3S.2O.Ti/c1-10(9)3-2-4(6)5(7)8;;;/h4H,2-3,6H2,1H3,(H,7,8);;;/q;2*-2;+4/t4-,10?;;;/m0.../s1.